The molecule has 0 unspecified atom stereocenters. The molecule has 0 saturated carbocycles. The Labute approximate surface area is 117 Å². The number of unbranched alkanes of at least 4 members (excludes halogenated alkanes) is 2. The molecule has 5 heteroatoms. The first-order valence-corrected chi connectivity index (χ1v) is 7.53. The lowest BCUT2D eigenvalue weighted by Gasteiger charge is -2.33. The molecule has 1 rings (SSSR count). The molecular formula is C14H30N4O. The minimum Gasteiger partial charge on any atom is -0.338 e. The van der Waals surface area contributed by atoms with E-state index in [1.807, 2.05) is 0 Å². The van der Waals surface area contributed by atoms with Crippen LogP contribution in [0.3, 0.4) is 0 Å². The molecule has 1 saturated heterocycles. The molecule has 1 N–H and O–H groups in total. The maximum absolute atomic E-state index is 11.3. The molecule has 0 radical (unpaired) electrons. The van der Waals surface area contributed by atoms with Crippen molar-refractivity contribution in [3.63, 3.8) is 0 Å². The number of nitrogens with one attached hydrogen (secondary N) is 1. The van der Waals surface area contributed by atoms with Gasteiger partial charge >= 0.3 is 6.03 Å². The number of hydrogen-bond acceptors (Lipinski definition) is 3. The number of urea groups is 1. The molecule has 0 bridgehead atoms. The molecule has 0 spiro atoms. The Morgan fingerprint density at radius 2 is 1.68 bits per heavy atom. The number of piperazine rings is 1. The Kier molecular flexibility index (Phi) is 7.82. The molecule has 1 fully saturated rings. The Balaban J connectivity index is 1.93. The standard InChI is InChI=1S/C14H30N4O/c1-4-17-10-12-18(13-11-17)9-7-5-6-8-15-14(19)16(2)3/h4-13H2,1-3H3,(H,15,19). The topological polar surface area (TPSA) is 38.8 Å². The number of hydrogen-bond donors (Lipinski definition) is 1. The molecule has 2 amide bonds. The monoisotopic (exact) mass is 270 g/mol. The van der Waals surface area contributed by atoms with Crippen LogP contribution in [0, 0.1) is 0 Å². The van der Waals surface area contributed by atoms with E-state index in [9.17, 15) is 4.79 Å². The summed E-state index contributed by atoms with van der Waals surface area (Å²) in [6.07, 6.45) is 3.51. The zero-order chi connectivity index (χ0) is 14.1. The summed E-state index contributed by atoms with van der Waals surface area (Å²) >= 11 is 0. The van der Waals surface area contributed by atoms with Crippen LogP contribution in [0.25, 0.3) is 0 Å². The van der Waals surface area contributed by atoms with Crippen molar-refractivity contribution in [1.82, 2.24) is 20.0 Å². The van der Waals surface area contributed by atoms with Gasteiger partial charge < -0.3 is 20.0 Å². The highest BCUT2D eigenvalue weighted by Crippen LogP contribution is 2.04. The number of carbonyl (C=O) groups is 1. The van der Waals surface area contributed by atoms with Crippen molar-refractivity contribution in [3.8, 4) is 0 Å². The zero-order valence-electron chi connectivity index (χ0n) is 12.8. The summed E-state index contributed by atoms with van der Waals surface area (Å²) < 4.78 is 0. The minimum atomic E-state index is 0.00990. The summed E-state index contributed by atoms with van der Waals surface area (Å²) in [6.45, 7) is 10.3. The van der Waals surface area contributed by atoms with Crippen molar-refractivity contribution in [1.29, 1.82) is 0 Å². The zero-order valence-corrected chi connectivity index (χ0v) is 12.8. The first-order chi connectivity index (χ1) is 9.13. The smallest absolute Gasteiger partial charge is 0.316 e. The van der Waals surface area contributed by atoms with Crippen LogP contribution < -0.4 is 5.32 Å². The van der Waals surface area contributed by atoms with Crippen LogP contribution >= 0.6 is 0 Å². The number of nitrogens with zero attached hydrogens (tertiary/aromatic N) is 3. The SMILES string of the molecule is CCN1CCN(CCCCCNC(=O)N(C)C)CC1. The maximum Gasteiger partial charge on any atom is 0.316 e. The van der Waals surface area contributed by atoms with Gasteiger partial charge in [0, 0.05) is 46.8 Å². The summed E-state index contributed by atoms with van der Waals surface area (Å²) in [5, 5.41) is 2.90. The summed E-state index contributed by atoms with van der Waals surface area (Å²) in [6, 6.07) is 0.00990. The minimum absolute atomic E-state index is 0.00990. The highest BCUT2D eigenvalue weighted by Gasteiger charge is 2.14. The normalized spacial score (nSPS) is 17.4. The van der Waals surface area contributed by atoms with Gasteiger partial charge in [-0.15, -0.1) is 0 Å². The third-order valence-electron chi connectivity index (χ3n) is 3.75. The molecule has 5 nitrogen and oxygen atoms in total. The van der Waals surface area contributed by atoms with E-state index in [4.69, 9.17) is 0 Å². The molecule has 1 aliphatic heterocycles. The molecule has 0 aromatic rings. The van der Waals surface area contributed by atoms with Crippen LogP contribution in [0.4, 0.5) is 4.79 Å². The fourth-order valence-corrected chi connectivity index (χ4v) is 2.32. The highest BCUT2D eigenvalue weighted by molar-refractivity contribution is 5.73. The lowest BCUT2D eigenvalue weighted by atomic mass is 10.2. The van der Waals surface area contributed by atoms with E-state index < -0.39 is 0 Å². The van der Waals surface area contributed by atoms with Crippen molar-refractivity contribution < 1.29 is 4.79 Å². The molecule has 0 atom stereocenters. The predicted octanol–water partition coefficient (Wildman–Crippen LogP) is 1.07. The van der Waals surface area contributed by atoms with Gasteiger partial charge in [0.25, 0.3) is 0 Å². The van der Waals surface area contributed by atoms with Crippen molar-refractivity contribution in [2.45, 2.75) is 26.2 Å². The van der Waals surface area contributed by atoms with Gasteiger partial charge in [0.15, 0.2) is 0 Å². The molecule has 112 valence electrons. The van der Waals surface area contributed by atoms with Gasteiger partial charge in [0.1, 0.15) is 0 Å². The van der Waals surface area contributed by atoms with Crippen molar-refractivity contribution >= 4 is 6.03 Å². The second kappa shape index (κ2) is 9.15. The third-order valence-corrected chi connectivity index (χ3v) is 3.75. The molecule has 1 heterocycles. The van der Waals surface area contributed by atoms with Crippen molar-refractivity contribution in [3.05, 3.63) is 0 Å². The van der Waals surface area contributed by atoms with Crippen LogP contribution in [-0.2, 0) is 0 Å². The summed E-state index contributed by atoms with van der Waals surface area (Å²) in [5.41, 5.74) is 0. The molecule has 1 aliphatic rings. The highest BCUT2D eigenvalue weighted by atomic mass is 16.2. The van der Waals surface area contributed by atoms with E-state index >= 15 is 0 Å². The van der Waals surface area contributed by atoms with Gasteiger partial charge in [-0.3, -0.25) is 0 Å². The van der Waals surface area contributed by atoms with Gasteiger partial charge in [-0.2, -0.15) is 0 Å². The van der Waals surface area contributed by atoms with Crippen LogP contribution in [0.15, 0.2) is 0 Å². The lowest BCUT2D eigenvalue weighted by molar-refractivity contribution is 0.135. The quantitative estimate of drug-likeness (QED) is 0.703. The van der Waals surface area contributed by atoms with Gasteiger partial charge in [0.2, 0.25) is 0 Å². The first-order valence-electron chi connectivity index (χ1n) is 7.53. The van der Waals surface area contributed by atoms with Gasteiger partial charge in [0.05, 0.1) is 0 Å². The molecule has 0 aromatic heterocycles. The Hall–Kier alpha value is -0.810. The van der Waals surface area contributed by atoms with Crippen LogP contribution in [0.2, 0.25) is 0 Å². The van der Waals surface area contributed by atoms with Crippen LogP contribution in [0.1, 0.15) is 26.2 Å². The summed E-state index contributed by atoms with van der Waals surface area (Å²) in [5.74, 6) is 0. The van der Waals surface area contributed by atoms with E-state index in [0.717, 1.165) is 13.0 Å². The fraction of sp³-hybridized carbons (Fsp3) is 0.929. The predicted molar refractivity (Wildman–Crippen MR) is 79.5 cm³/mol. The average Bonchev–Trinajstić information content (AvgIpc) is 2.42. The van der Waals surface area contributed by atoms with Gasteiger partial charge in [-0.05, 0) is 25.9 Å². The average molecular weight is 270 g/mol. The molecule has 19 heavy (non-hydrogen) atoms. The Bertz CT molecular complexity index is 250. The summed E-state index contributed by atoms with van der Waals surface area (Å²) in [7, 11) is 3.54. The van der Waals surface area contributed by atoms with Gasteiger partial charge in [-0.25, -0.2) is 4.79 Å². The third kappa shape index (κ3) is 6.78. The van der Waals surface area contributed by atoms with Crippen molar-refractivity contribution in [2.75, 3.05) is 59.9 Å². The number of likely N-dealkylation sites (N-methyl/N-ethyl adjacent to an activating group) is 1. The van der Waals surface area contributed by atoms with E-state index in [1.165, 1.54) is 52.1 Å². The second-order valence-electron chi connectivity index (χ2n) is 5.46. The van der Waals surface area contributed by atoms with E-state index in [-0.39, 0.29) is 6.03 Å². The molecular weight excluding hydrogens is 240 g/mol. The fourth-order valence-electron chi connectivity index (χ4n) is 2.32. The number of carbonyl (C=O) groups excluding carboxylic acids is 1. The lowest BCUT2D eigenvalue weighted by Crippen LogP contribution is -2.46. The molecule has 0 aliphatic carbocycles. The number of rotatable bonds is 7. The van der Waals surface area contributed by atoms with E-state index in [1.54, 1.807) is 19.0 Å². The van der Waals surface area contributed by atoms with E-state index in [2.05, 4.69) is 22.0 Å². The second-order valence-corrected chi connectivity index (χ2v) is 5.46. The largest absolute Gasteiger partial charge is 0.338 e. The Morgan fingerprint density at radius 1 is 1.05 bits per heavy atom. The van der Waals surface area contributed by atoms with E-state index in [0.29, 0.717) is 0 Å². The Morgan fingerprint density at radius 3 is 2.26 bits per heavy atom. The number of amides is 2. The first kappa shape index (κ1) is 16.2. The maximum atomic E-state index is 11.3. The van der Waals surface area contributed by atoms with Crippen molar-refractivity contribution in [2.24, 2.45) is 0 Å². The summed E-state index contributed by atoms with van der Waals surface area (Å²) in [4.78, 5) is 17.9. The van der Waals surface area contributed by atoms with Gasteiger partial charge in [-0.1, -0.05) is 13.3 Å². The molecule has 0 aromatic carbocycles. The van der Waals surface area contributed by atoms with Crippen LogP contribution in [0.5, 0.6) is 0 Å². The van der Waals surface area contributed by atoms with Crippen LogP contribution in [-0.4, -0.2) is 80.6 Å².